The van der Waals surface area contributed by atoms with Crippen LogP contribution in [0.3, 0.4) is 0 Å². The maximum absolute atomic E-state index is 12.6. The van der Waals surface area contributed by atoms with Gasteiger partial charge >= 0.3 is 0 Å². The molecule has 5 nitrogen and oxygen atoms in total. The Morgan fingerprint density at radius 1 is 1.00 bits per heavy atom. The summed E-state index contributed by atoms with van der Waals surface area (Å²) in [5.74, 6) is 0.106. The number of carbonyl (C=O) groups is 1. The van der Waals surface area contributed by atoms with Crippen molar-refractivity contribution in [2.75, 3.05) is 38.0 Å². The summed E-state index contributed by atoms with van der Waals surface area (Å²) >= 11 is 0. The van der Waals surface area contributed by atoms with E-state index < -0.39 is 0 Å². The number of aryl methyl sites for hydroxylation is 1. The van der Waals surface area contributed by atoms with E-state index in [0.717, 1.165) is 56.2 Å². The third-order valence-electron chi connectivity index (χ3n) is 6.60. The van der Waals surface area contributed by atoms with E-state index in [1.54, 1.807) is 0 Å². The highest BCUT2D eigenvalue weighted by Crippen LogP contribution is 2.27. The first-order valence-electron chi connectivity index (χ1n) is 12.3. The van der Waals surface area contributed by atoms with E-state index >= 15 is 0 Å². The van der Waals surface area contributed by atoms with Gasteiger partial charge in [-0.3, -0.25) is 9.69 Å². The van der Waals surface area contributed by atoms with Gasteiger partial charge in [0.05, 0.1) is 0 Å². The molecule has 1 amide bonds. The molecule has 178 valence electrons. The average Bonchev–Trinajstić information content (AvgIpc) is 2.87. The summed E-state index contributed by atoms with van der Waals surface area (Å²) in [7, 11) is 0. The molecular formula is C29H36N4O. The minimum Gasteiger partial charge on any atom is -0.356 e. The van der Waals surface area contributed by atoms with Crippen LogP contribution in [0.1, 0.15) is 46.9 Å². The van der Waals surface area contributed by atoms with Gasteiger partial charge in [-0.25, -0.2) is 0 Å². The number of amides is 1. The minimum atomic E-state index is 0.106. The lowest BCUT2D eigenvalue weighted by Crippen LogP contribution is -2.45. The highest BCUT2D eigenvalue weighted by molar-refractivity contribution is 5.94. The highest BCUT2D eigenvalue weighted by Gasteiger charge is 2.24. The van der Waals surface area contributed by atoms with Crippen LogP contribution in [0.15, 0.2) is 72.8 Å². The van der Waals surface area contributed by atoms with Crippen molar-refractivity contribution in [3.8, 4) is 0 Å². The van der Waals surface area contributed by atoms with Crippen molar-refractivity contribution in [3.05, 3.63) is 95.1 Å². The third kappa shape index (κ3) is 5.85. The topological polar surface area (TPSA) is 47.6 Å². The second-order valence-electron chi connectivity index (χ2n) is 8.98. The van der Waals surface area contributed by atoms with E-state index in [2.05, 4.69) is 83.1 Å². The maximum Gasteiger partial charge on any atom is 0.253 e. The molecule has 0 aliphatic carbocycles. The molecule has 0 unspecified atom stereocenters. The molecule has 2 N–H and O–H groups in total. The number of carbonyl (C=O) groups excluding carboxylic acids is 1. The monoisotopic (exact) mass is 456 g/mol. The van der Waals surface area contributed by atoms with Gasteiger partial charge in [-0.2, -0.15) is 0 Å². The van der Waals surface area contributed by atoms with Crippen LogP contribution >= 0.6 is 0 Å². The van der Waals surface area contributed by atoms with Gasteiger partial charge in [0.2, 0.25) is 0 Å². The van der Waals surface area contributed by atoms with Crippen LogP contribution in [0, 0.1) is 6.92 Å². The number of anilines is 2. The lowest BCUT2D eigenvalue weighted by atomic mass is 10.0. The van der Waals surface area contributed by atoms with Crippen LogP contribution in [0.4, 0.5) is 11.4 Å². The quantitative estimate of drug-likeness (QED) is 0.479. The fourth-order valence-electron chi connectivity index (χ4n) is 4.57. The lowest BCUT2D eigenvalue weighted by Gasteiger charge is -2.36. The smallest absolute Gasteiger partial charge is 0.253 e. The minimum absolute atomic E-state index is 0.106. The molecule has 1 aliphatic heterocycles. The van der Waals surface area contributed by atoms with Crippen LogP contribution < -0.4 is 10.6 Å². The Morgan fingerprint density at radius 3 is 2.44 bits per heavy atom. The molecule has 3 aromatic rings. The van der Waals surface area contributed by atoms with Crippen molar-refractivity contribution in [1.29, 1.82) is 0 Å². The van der Waals surface area contributed by atoms with Crippen molar-refractivity contribution in [2.45, 2.75) is 33.4 Å². The molecule has 1 atom stereocenters. The molecule has 0 saturated carbocycles. The molecule has 0 radical (unpaired) electrons. The standard InChI is InChI=1S/C29H36N4O/c1-4-32(5-2)29(34)24-13-11-23(12-14-24)21-33-18-17-30-20-28(33)25-7-6-8-27(19-25)31-26-15-9-22(3)10-16-26/h6-16,19,28,30-31H,4-5,17-18,20-21H2,1-3H3/t28-/m0/s1. The first-order valence-corrected chi connectivity index (χ1v) is 12.3. The number of benzene rings is 3. The lowest BCUT2D eigenvalue weighted by molar-refractivity contribution is 0.0773. The van der Waals surface area contributed by atoms with Gasteiger partial charge < -0.3 is 15.5 Å². The van der Waals surface area contributed by atoms with Crippen molar-refractivity contribution in [2.24, 2.45) is 0 Å². The molecule has 34 heavy (non-hydrogen) atoms. The first kappa shape index (κ1) is 24.0. The molecular weight excluding hydrogens is 420 g/mol. The number of rotatable bonds is 8. The summed E-state index contributed by atoms with van der Waals surface area (Å²) < 4.78 is 0. The second kappa shape index (κ2) is 11.3. The Kier molecular flexibility index (Phi) is 7.99. The van der Waals surface area contributed by atoms with Crippen LogP contribution in [-0.2, 0) is 6.54 Å². The Balaban J connectivity index is 1.47. The molecule has 3 aromatic carbocycles. The summed E-state index contributed by atoms with van der Waals surface area (Å²) in [6, 6.07) is 25.7. The molecule has 0 spiro atoms. The summed E-state index contributed by atoms with van der Waals surface area (Å²) in [6.45, 7) is 11.4. The van der Waals surface area contributed by atoms with Crippen molar-refractivity contribution < 1.29 is 4.79 Å². The van der Waals surface area contributed by atoms with E-state index in [0.29, 0.717) is 6.04 Å². The summed E-state index contributed by atoms with van der Waals surface area (Å²) in [5, 5.41) is 7.10. The van der Waals surface area contributed by atoms with Gasteiger partial charge in [0.1, 0.15) is 0 Å². The number of hydrogen-bond donors (Lipinski definition) is 2. The third-order valence-corrected chi connectivity index (χ3v) is 6.60. The van der Waals surface area contributed by atoms with Gasteiger partial charge in [0, 0.05) is 62.2 Å². The summed E-state index contributed by atoms with van der Waals surface area (Å²) in [6.07, 6.45) is 0. The second-order valence-corrected chi connectivity index (χ2v) is 8.98. The zero-order valence-electron chi connectivity index (χ0n) is 20.6. The number of nitrogens with one attached hydrogen (secondary N) is 2. The zero-order chi connectivity index (χ0) is 23.9. The molecule has 1 saturated heterocycles. The number of nitrogens with zero attached hydrogens (tertiary/aromatic N) is 2. The van der Waals surface area contributed by atoms with Crippen molar-refractivity contribution in [1.82, 2.24) is 15.1 Å². The number of piperazine rings is 1. The zero-order valence-corrected chi connectivity index (χ0v) is 20.6. The Hall–Kier alpha value is -3.15. The predicted molar refractivity (Wildman–Crippen MR) is 141 cm³/mol. The van der Waals surface area contributed by atoms with E-state index in [-0.39, 0.29) is 5.91 Å². The van der Waals surface area contributed by atoms with Gasteiger partial charge in [-0.05, 0) is 68.3 Å². The molecule has 1 heterocycles. The fraction of sp³-hybridized carbons (Fsp3) is 0.345. The molecule has 1 fully saturated rings. The average molecular weight is 457 g/mol. The molecule has 1 aliphatic rings. The summed E-state index contributed by atoms with van der Waals surface area (Å²) in [5.41, 5.74) is 6.76. The first-order chi connectivity index (χ1) is 16.6. The Morgan fingerprint density at radius 2 is 1.74 bits per heavy atom. The van der Waals surface area contributed by atoms with Gasteiger partial charge in [-0.15, -0.1) is 0 Å². The van der Waals surface area contributed by atoms with Crippen LogP contribution in [-0.4, -0.2) is 48.4 Å². The van der Waals surface area contributed by atoms with Crippen LogP contribution in [0.2, 0.25) is 0 Å². The maximum atomic E-state index is 12.6. The number of hydrogen-bond acceptors (Lipinski definition) is 4. The molecule has 0 aromatic heterocycles. The summed E-state index contributed by atoms with van der Waals surface area (Å²) in [4.78, 5) is 17.0. The van der Waals surface area contributed by atoms with E-state index in [1.807, 2.05) is 30.9 Å². The van der Waals surface area contributed by atoms with Crippen LogP contribution in [0.5, 0.6) is 0 Å². The van der Waals surface area contributed by atoms with Gasteiger partial charge in [0.15, 0.2) is 0 Å². The Bertz CT molecular complexity index is 1070. The van der Waals surface area contributed by atoms with Crippen molar-refractivity contribution in [3.63, 3.8) is 0 Å². The molecule has 5 heteroatoms. The van der Waals surface area contributed by atoms with Crippen LogP contribution in [0.25, 0.3) is 0 Å². The molecule has 0 bridgehead atoms. The van der Waals surface area contributed by atoms with Gasteiger partial charge in [-0.1, -0.05) is 42.0 Å². The SMILES string of the molecule is CCN(CC)C(=O)c1ccc(CN2CCNC[C@H]2c2cccc(Nc3ccc(C)cc3)c2)cc1. The fourth-order valence-corrected chi connectivity index (χ4v) is 4.57. The van der Waals surface area contributed by atoms with Crippen molar-refractivity contribution >= 4 is 17.3 Å². The largest absolute Gasteiger partial charge is 0.356 e. The normalized spacial score (nSPS) is 16.3. The van der Waals surface area contributed by atoms with E-state index in [9.17, 15) is 4.79 Å². The van der Waals surface area contributed by atoms with E-state index in [1.165, 1.54) is 16.7 Å². The predicted octanol–water partition coefficient (Wildman–Crippen LogP) is 5.37. The van der Waals surface area contributed by atoms with E-state index in [4.69, 9.17) is 0 Å². The highest BCUT2D eigenvalue weighted by atomic mass is 16.2. The Labute approximate surface area is 203 Å². The molecule has 4 rings (SSSR count). The van der Waals surface area contributed by atoms with Gasteiger partial charge in [0.25, 0.3) is 5.91 Å².